The van der Waals surface area contributed by atoms with Crippen LogP contribution in [-0.2, 0) is 28.5 Å². The highest BCUT2D eigenvalue weighted by Gasteiger charge is 2.67. The van der Waals surface area contributed by atoms with Gasteiger partial charge in [-0.25, -0.2) is 0 Å². The van der Waals surface area contributed by atoms with Crippen molar-refractivity contribution in [2.45, 2.75) is 136 Å². The van der Waals surface area contributed by atoms with Crippen LogP contribution in [0.4, 0.5) is 0 Å². The first kappa shape index (κ1) is 25.9. The van der Waals surface area contributed by atoms with Crippen molar-refractivity contribution in [3.05, 3.63) is 0 Å². The van der Waals surface area contributed by atoms with Gasteiger partial charge in [0, 0.05) is 32.5 Å². The number of hydrogen-bond donors (Lipinski definition) is 0. The van der Waals surface area contributed by atoms with Gasteiger partial charge in [0.25, 0.3) is 0 Å². The lowest BCUT2D eigenvalue weighted by atomic mass is 9.50. The van der Waals surface area contributed by atoms with E-state index in [0.717, 1.165) is 57.8 Å². The average Bonchev–Trinajstić information content (AvgIpc) is 2.65. The highest BCUT2D eigenvalue weighted by atomic mass is 16.7. The lowest BCUT2D eigenvalue weighted by molar-refractivity contribution is -0.334. The summed E-state index contributed by atoms with van der Waals surface area (Å²) in [5.74, 6) is 0.338. The number of carbonyl (C=O) groups is 1. The molecular weight excluding hydrogens is 408 g/mol. The van der Waals surface area contributed by atoms with Gasteiger partial charge in [-0.1, -0.05) is 20.3 Å². The Morgan fingerprint density at radius 1 is 0.875 bits per heavy atom. The van der Waals surface area contributed by atoms with E-state index in [1.54, 1.807) is 0 Å². The molecule has 4 fully saturated rings. The van der Waals surface area contributed by atoms with Crippen LogP contribution in [0, 0.1) is 11.3 Å². The molecule has 6 heteroatoms. The van der Waals surface area contributed by atoms with Crippen molar-refractivity contribution in [1.82, 2.24) is 0 Å². The fourth-order valence-corrected chi connectivity index (χ4v) is 7.09. The molecule has 4 aliphatic carbocycles. The van der Waals surface area contributed by atoms with Gasteiger partial charge in [-0.05, 0) is 72.6 Å². The third kappa shape index (κ3) is 5.34. The molecule has 0 amide bonds. The first-order valence-corrected chi connectivity index (χ1v) is 12.9. The van der Waals surface area contributed by atoms with Crippen LogP contribution >= 0.6 is 0 Å². The number of ether oxygens (including phenoxy) is 5. The Bertz CT molecular complexity index is 620. The molecule has 6 nitrogen and oxygen atoms in total. The lowest BCUT2D eigenvalue weighted by Gasteiger charge is -2.65. The molecule has 0 aromatic heterocycles. The molecule has 0 aromatic rings. The molecule has 5 atom stereocenters. The molecular formula is C26H46O6. The summed E-state index contributed by atoms with van der Waals surface area (Å²) >= 11 is 0. The largest absolute Gasteiger partial charge is 0.458 e. The van der Waals surface area contributed by atoms with Gasteiger partial charge >= 0.3 is 5.97 Å². The van der Waals surface area contributed by atoms with Crippen LogP contribution < -0.4 is 0 Å². The lowest BCUT2D eigenvalue weighted by Crippen LogP contribution is -2.69. The van der Waals surface area contributed by atoms with Crippen LogP contribution in [0.25, 0.3) is 0 Å². The summed E-state index contributed by atoms with van der Waals surface area (Å²) in [6, 6.07) is 0. The second-order valence-corrected chi connectivity index (χ2v) is 10.9. The zero-order chi connectivity index (χ0) is 23.6. The van der Waals surface area contributed by atoms with Gasteiger partial charge in [0.15, 0.2) is 12.6 Å². The van der Waals surface area contributed by atoms with Gasteiger partial charge in [-0.2, -0.15) is 0 Å². The Labute approximate surface area is 195 Å². The topological polar surface area (TPSA) is 63.2 Å². The predicted molar refractivity (Wildman–Crippen MR) is 123 cm³/mol. The summed E-state index contributed by atoms with van der Waals surface area (Å²) in [6.07, 6.45) is 7.07. The number of esters is 1. The minimum Gasteiger partial charge on any atom is -0.458 e. The molecule has 4 saturated carbocycles. The molecule has 0 aliphatic heterocycles. The van der Waals surface area contributed by atoms with Crippen LogP contribution in [0.15, 0.2) is 0 Å². The van der Waals surface area contributed by atoms with Gasteiger partial charge in [0.05, 0.1) is 16.6 Å². The molecule has 5 unspecified atom stereocenters. The Balaban J connectivity index is 1.89. The normalized spacial score (nSPS) is 37.2. The molecule has 0 aromatic carbocycles. The molecule has 0 heterocycles. The fraction of sp³-hybridized carbons (Fsp3) is 0.962. The summed E-state index contributed by atoms with van der Waals surface area (Å²) in [7, 11) is 0. The van der Waals surface area contributed by atoms with Crippen molar-refractivity contribution >= 4 is 5.97 Å². The van der Waals surface area contributed by atoms with E-state index in [-0.39, 0.29) is 18.5 Å². The van der Waals surface area contributed by atoms with Crippen molar-refractivity contribution in [2.24, 2.45) is 11.3 Å². The van der Waals surface area contributed by atoms with E-state index in [4.69, 9.17) is 23.7 Å². The second-order valence-electron chi connectivity index (χ2n) is 10.9. The monoisotopic (exact) mass is 454 g/mol. The van der Waals surface area contributed by atoms with Crippen molar-refractivity contribution < 1.29 is 28.5 Å². The molecule has 0 N–H and O–H groups in total. The molecule has 4 bridgehead atoms. The smallest absolute Gasteiger partial charge is 0.312 e. The summed E-state index contributed by atoms with van der Waals surface area (Å²) in [5, 5.41) is 0. The van der Waals surface area contributed by atoms with E-state index in [9.17, 15) is 4.79 Å². The summed E-state index contributed by atoms with van der Waals surface area (Å²) in [5.41, 5.74) is -1.78. The maximum absolute atomic E-state index is 13.5. The SMILES string of the molecule is CCCC(C)(CC)C(=O)OC12CC3CC(OC(C)OCC)(C1)CC(OC(C)OCC)(C3)C2. The first-order valence-electron chi connectivity index (χ1n) is 12.9. The van der Waals surface area contributed by atoms with E-state index < -0.39 is 22.2 Å². The Hall–Kier alpha value is -0.690. The average molecular weight is 455 g/mol. The van der Waals surface area contributed by atoms with Gasteiger partial charge in [0.2, 0.25) is 0 Å². The van der Waals surface area contributed by atoms with Crippen molar-refractivity contribution in [3.63, 3.8) is 0 Å². The zero-order valence-electron chi connectivity index (χ0n) is 21.5. The maximum atomic E-state index is 13.5. The Morgan fingerprint density at radius 2 is 1.34 bits per heavy atom. The third-order valence-corrected chi connectivity index (χ3v) is 7.93. The number of carbonyl (C=O) groups excluding carboxylic acids is 1. The van der Waals surface area contributed by atoms with Crippen molar-refractivity contribution in [2.75, 3.05) is 13.2 Å². The zero-order valence-corrected chi connectivity index (χ0v) is 21.5. The highest BCUT2D eigenvalue weighted by Crippen LogP contribution is 2.63. The van der Waals surface area contributed by atoms with Gasteiger partial charge in [-0.15, -0.1) is 0 Å². The van der Waals surface area contributed by atoms with Crippen LogP contribution in [-0.4, -0.2) is 48.6 Å². The number of rotatable bonds is 13. The van der Waals surface area contributed by atoms with Crippen LogP contribution in [0.1, 0.15) is 106 Å². The number of hydrogen-bond acceptors (Lipinski definition) is 6. The van der Waals surface area contributed by atoms with E-state index in [1.807, 2.05) is 34.6 Å². The maximum Gasteiger partial charge on any atom is 0.312 e. The minimum absolute atomic E-state index is 0.0650. The van der Waals surface area contributed by atoms with Gasteiger partial charge in [-0.3, -0.25) is 4.79 Å². The van der Waals surface area contributed by atoms with E-state index >= 15 is 0 Å². The summed E-state index contributed by atoms with van der Waals surface area (Å²) < 4.78 is 31.2. The molecule has 0 radical (unpaired) electrons. The van der Waals surface area contributed by atoms with Crippen molar-refractivity contribution in [1.29, 1.82) is 0 Å². The van der Waals surface area contributed by atoms with Gasteiger partial charge < -0.3 is 23.7 Å². The fourth-order valence-electron chi connectivity index (χ4n) is 7.09. The molecule has 4 rings (SSSR count). The molecule has 186 valence electrons. The first-order chi connectivity index (χ1) is 15.1. The highest BCUT2D eigenvalue weighted by molar-refractivity contribution is 5.76. The second kappa shape index (κ2) is 9.89. The van der Waals surface area contributed by atoms with Crippen LogP contribution in [0.5, 0.6) is 0 Å². The molecule has 32 heavy (non-hydrogen) atoms. The van der Waals surface area contributed by atoms with Crippen LogP contribution in [0.2, 0.25) is 0 Å². The quantitative estimate of drug-likeness (QED) is 0.260. The predicted octanol–water partition coefficient (Wildman–Crippen LogP) is 5.76. The molecule has 4 aliphatic rings. The van der Waals surface area contributed by atoms with Crippen molar-refractivity contribution in [3.8, 4) is 0 Å². The standard InChI is InChI=1S/C26H46O6/c1-8-12-23(7,9-2)22(27)32-26-15-21-13-24(17-26,30-19(5)28-10-3)16-25(14-21,18-26)31-20(6)29-11-4/h19-21H,8-18H2,1-7H3. The summed E-state index contributed by atoms with van der Waals surface area (Å²) in [6.45, 7) is 15.4. The third-order valence-electron chi connectivity index (χ3n) is 7.93. The van der Waals surface area contributed by atoms with Crippen LogP contribution in [0.3, 0.4) is 0 Å². The Morgan fingerprint density at radius 3 is 1.78 bits per heavy atom. The van der Waals surface area contributed by atoms with Gasteiger partial charge in [0.1, 0.15) is 5.60 Å². The summed E-state index contributed by atoms with van der Waals surface area (Å²) in [4.78, 5) is 13.5. The van der Waals surface area contributed by atoms with E-state index in [1.165, 1.54) is 0 Å². The minimum atomic E-state index is -0.543. The Kier molecular flexibility index (Phi) is 8.01. The molecule has 0 saturated heterocycles. The molecule has 0 spiro atoms. The van der Waals surface area contributed by atoms with E-state index in [2.05, 4.69) is 13.8 Å². The van der Waals surface area contributed by atoms with E-state index in [0.29, 0.717) is 19.1 Å².